The third-order valence-electron chi connectivity index (χ3n) is 4.60. The Labute approximate surface area is 178 Å². The number of nitrogens with zero attached hydrogens (tertiary/aromatic N) is 3. The van der Waals surface area contributed by atoms with E-state index in [2.05, 4.69) is 10.5 Å². The second-order valence-electron chi connectivity index (χ2n) is 6.65. The van der Waals surface area contributed by atoms with Crippen LogP contribution in [0.2, 0.25) is 0 Å². The summed E-state index contributed by atoms with van der Waals surface area (Å²) in [5.74, 6) is -0.0942. The first-order valence-corrected chi connectivity index (χ1v) is 9.52. The Bertz CT molecular complexity index is 1200. The van der Waals surface area contributed by atoms with Gasteiger partial charge in [0.1, 0.15) is 17.3 Å². The number of ether oxygens (including phenoxy) is 1. The molecule has 1 amide bonds. The van der Waals surface area contributed by atoms with Gasteiger partial charge < -0.3 is 4.74 Å². The smallest absolute Gasteiger partial charge is 0.271 e. The van der Waals surface area contributed by atoms with Crippen molar-refractivity contribution >= 4 is 12.1 Å². The van der Waals surface area contributed by atoms with Crippen molar-refractivity contribution in [1.29, 1.82) is 0 Å². The van der Waals surface area contributed by atoms with Gasteiger partial charge in [-0.05, 0) is 60.7 Å². The fourth-order valence-corrected chi connectivity index (χ4v) is 2.99. The number of carbonyl (C=O) groups excluding carboxylic acids is 1. The Morgan fingerprint density at radius 2 is 1.74 bits per heavy atom. The molecule has 0 saturated carbocycles. The maximum atomic E-state index is 13.0. The zero-order valence-electron chi connectivity index (χ0n) is 16.7. The quantitative estimate of drug-likeness (QED) is 0.374. The van der Waals surface area contributed by atoms with Crippen molar-refractivity contribution in [3.63, 3.8) is 0 Å². The highest BCUT2D eigenvalue weighted by Crippen LogP contribution is 2.25. The van der Waals surface area contributed by atoms with Crippen LogP contribution in [-0.2, 0) is 0 Å². The average molecular weight is 414 g/mol. The summed E-state index contributed by atoms with van der Waals surface area (Å²) in [6, 6.07) is 22.5. The average Bonchev–Trinajstić information content (AvgIpc) is 3.24. The fourth-order valence-electron chi connectivity index (χ4n) is 2.99. The molecule has 7 heteroatoms. The summed E-state index contributed by atoms with van der Waals surface area (Å²) in [5.41, 5.74) is 5.97. The Morgan fingerprint density at radius 1 is 1.03 bits per heavy atom. The van der Waals surface area contributed by atoms with Crippen molar-refractivity contribution in [3.8, 4) is 22.7 Å². The van der Waals surface area contributed by atoms with Gasteiger partial charge in [-0.15, -0.1) is 0 Å². The third kappa shape index (κ3) is 4.67. The third-order valence-corrected chi connectivity index (χ3v) is 4.60. The van der Waals surface area contributed by atoms with Crippen LogP contribution in [0.25, 0.3) is 16.9 Å². The lowest BCUT2D eigenvalue weighted by atomic mass is 10.1. The summed E-state index contributed by atoms with van der Waals surface area (Å²) >= 11 is 0. The first kappa shape index (κ1) is 20.0. The van der Waals surface area contributed by atoms with Crippen molar-refractivity contribution in [2.75, 3.05) is 7.11 Å². The minimum absolute atomic E-state index is 0.314. The fraction of sp³-hybridized carbons (Fsp3) is 0.0417. The van der Waals surface area contributed by atoms with E-state index in [-0.39, 0.29) is 0 Å². The number of halogens is 1. The van der Waals surface area contributed by atoms with Gasteiger partial charge in [-0.25, -0.2) is 14.5 Å². The predicted octanol–water partition coefficient (Wildman–Crippen LogP) is 4.45. The second-order valence-corrected chi connectivity index (χ2v) is 6.65. The minimum Gasteiger partial charge on any atom is -0.497 e. The molecule has 1 N–H and O–H groups in total. The molecule has 154 valence electrons. The molecule has 4 rings (SSSR count). The van der Waals surface area contributed by atoms with Gasteiger partial charge in [0, 0.05) is 22.9 Å². The Kier molecular flexibility index (Phi) is 5.84. The number of benzene rings is 3. The summed E-state index contributed by atoms with van der Waals surface area (Å²) in [7, 11) is 1.61. The molecule has 31 heavy (non-hydrogen) atoms. The largest absolute Gasteiger partial charge is 0.497 e. The highest BCUT2D eigenvalue weighted by molar-refractivity contribution is 5.95. The van der Waals surface area contributed by atoms with Gasteiger partial charge in [-0.1, -0.05) is 18.2 Å². The summed E-state index contributed by atoms with van der Waals surface area (Å²) in [4.78, 5) is 12.2. The first-order valence-electron chi connectivity index (χ1n) is 9.52. The molecule has 0 fully saturated rings. The predicted molar refractivity (Wildman–Crippen MR) is 117 cm³/mol. The van der Waals surface area contributed by atoms with E-state index in [9.17, 15) is 9.18 Å². The molecule has 6 nitrogen and oxygen atoms in total. The molecule has 0 aliphatic heterocycles. The summed E-state index contributed by atoms with van der Waals surface area (Å²) in [5, 5.41) is 8.77. The standard InChI is InChI=1S/C24H19FN4O2/c1-31-22-13-9-17(10-14-22)23-19(16-29(28-23)21-5-3-2-4-6-21)15-26-27-24(30)18-7-11-20(25)12-8-18/h2-16H,1H3,(H,27,30). The van der Waals surface area contributed by atoms with Crippen LogP contribution >= 0.6 is 0 Å². The number of hydrazone groups is 1. The minimum atomic E-state index is -0.433. The number of nitrogens with one attached hydrogen (secondary N) is 1. The zero-order valence-corrected chi connectivity index (χ0v) is 16.7. The SMILES string of the molecule is COc1ccc(-c2nn(-c3ccccc3)cc2C=NNC(=O)c2ccc(F)cc2)cc1. The van der Waals surface area contributed by atoms with Gasteiger partial charge in [0.2, 0.25) is 0 Å². The zero-order chi connectivity index (χ0) is 21.6. The number of aromatic nitrogens is 2. The van der Waals surface area contributed by atoms with Crippen LogP contribution in [0.1, 0.15) is 15.9 Å². The first-order chi connectivity index (χ1) is 15.1. The lowest BCUT2D eigenvalue weighted by Gasteiger charge is -2.03. The van der Waals surface area contributed by atoms with Crippen molar-refractivity contribution in [2.24, 2.45) is 5.10 Å². The van der Waals surface area contributed by atoms with Crippen molar-refractivity contribution < 1.29 is 13.9 Å². The lowest BCUT2D eigenvalue weighted by molar-refractivity contribution is 0.0955. The molecule has 0 unspecified atom stereocenters. The van der Waals surface area contributed by atoms with Gasteiger partial charge in [-0.3, -0.25) is 4.79 Å². The van der Waals surface area contributed by atoms with Crippen molar-refractivity contribution in [2.45, 2.75) is 0 Å². The highest BCUT2D eigenvalue weighted by Gasteiger charge is 2.12. The molecular weight excluding hydrogens is 395 g/mol. The molecule has 4 aromatic rings. The number of rotatable bonds is 6. The van der Waals surface area contributed by atoms with Crippen LogP contribution in [0.5, 0.6) is 5.75 Å². The van der Waals surface area contributed by atoms with Gasteiger partial charge in [0.05, 0.1) is 19.0 Å². The maximum absolute atomic E-state index is 13.0. The van der Waals surface area contributed by atoms with E-state index in [1.165, 1.54) is 30.5 Å². The van der Waals surface area contributed by atoms with Crippen molar-refractivity contribution in [3.05, 3.63) is 102 Å². The molecule has 1 aromatic heterocycles. The van der Waals surface area contributed by atoms with Gasteiger partial charge in [0.25, 0.3) is 5.91 Å². The molecule has 0 aliphatic carbocycles. The molecule has 0 saturated heterocycles. The molecule has 1 heterocycles. The monoisotopic (exact) mass is 414 g/mol. The van der Waals surface area contributed by atoms with Crippen LogP contribution in [0, 0.1) is 5.82 Å². The molecule has 0 bridgehead atoms. The molecular formula is C24H19FN4O2. The number of hydrogen-bond acceptors (Lipinski definition) is 4. The molecule has 0 spiro atoms. The Hall–Kier alpha value is -4.26. The van der Waals surface area contributed by atoms with E-state index in [4.69, 9.17) is 9.84 Å². The van der Waals surface area contributed by atoms with E-state index in [0.29, 0.717) is 16.8 Å². The summed E-state index contributed by atoms with van der Waals surface area (Å²) in [6.45, 7) is 0. The lowest BCUT2D eigenvalue weighted by Crippen LogP contribution is -2.17. The van der Waals surface area contributed by atoms with Crippen LogP contribution in [-0.4, -0.2) is 29.0 Å². The normalized spacial score (nSPS) is 10.9. The molecule has 3 aromatic carbocycles. The molecule has 0 atom stereocenters. The van der Waals surface area contributed by atoms with E-state index >= 15 is 0 Å². The topological polar surface area (TPSA) is 68.5 Å². The van der Waals surface area contributed by atoms with Crippen molar-refractivity contribution in [1.82, 2.24) is 15.2 Å². The van der Waals surface area contributed by atoms with E-state index in [0.717, 1.165) is 17.0 Å². The molecule has 0 radical (unpaired) electrons. The van der Waals surface area contributed by atoms with E-state index < -0.39 is 11.7 Å². The van der Waals surface area contributed by atoms with Gasteiger partial charge in [0.15, 0.2) is 0 Å². The summed E-state index contributed by atoms with van der Waals surface area (Å²) in [6.07, 6.45) is 3.37. The second kappa shape index (κ2) is 9.04. The van der Waals surface area contributed by atoms with Gasteiger partial charge >= 0.3 is 0 Å². The Balaban J connectivity index is 1.63. The maximum Gasteiger partial charge on any atom is 0.271 e. The number of hydrogen-bond donors (Lipinski definition) is 1. The number of methoxy groups -OCH3 is 1. The van der Waals surface area contributed by atoms with Crippen LogP contribution in [0.15, 0.2) is 90.2 Å². The van der Waals surface area contributed by atoms with Crippen LogP contribution in [0.4, 0.5) is 4.39 Å². The number of carbonyl (C=O) groups is 1. The Morgan fingerprint density at radius 3 is 2.42 bits per heavy atom. The van der Waals surface area contributed by atoms with Crippen LogP contribution in [0.3, 0.4) is 0 Å². The highest BCUT2D eigenvalue weighted by atomic mass is 19.1. The van der Waals surface area contributed by atoms with Gasteiger partial charge in [-0.2, -0.15) is 10.2 Å². The molecule has 0 aliphatic rings. The number of para-hydroxylation sites is 1. The van der Waals surface area contributed by atoms with Crippen LogP contribution < -0.4 is 10.2 Å². The number of amides is 1. The van der Waals surface area contributed by atoms with E-state index in [1.54, 1.807) is 11.8 Å². The summed E-state index contributed by atoms with van der Waals surface area (Å²) < 4.78 is 20.0. The van der Waals surface area contributed by atoms with E-state index in [1.807, 2.05) is 60.8 Å².